The average Bonchev–Trinajstić information content (AvgIpc) is 2.53. The summed E-state index contributed by atoms with van der Waals surface area (Å²) >= 11 is 0. The van der Waals surface area contributed by atoms with Crippen LogP contribution in [0.25, 0.3) is 0 Å². The molecular formula is C17H24N4O2. The van der Waals surface area contributed by atoms with E-state index >= 15 is 0 Å². The third-order valence-electron chi connectivity index (χ3n) is 3.89. The molecule has 1 aromatic heterocycles. The van der Waals surface area contributed by atoms with Gasteiger partial charge in [0.1, 0.15) is 11.4 Å². The molecule has 6 heteroatoms. The molecule has 0 bridgehead atoms. The van der Waals surface area contributed by atoms with Crippen LogP contribution in [0.15, 0.2) is 18.3 Å². The molecule has 124 valence electrons. The van der Waals surface area contributed by atoms with Crippen LogP contribution in [-0.4, -0.2) is 47.8 Å². The summed E-state index contributed by atoms with van der Waals surface area (Å²) < 4.78 is 5.42. The van der Waals surface area contributed by atoms with Crippen LogP contribution in [0.3, 0.4) is 0 Å². The quantitative estimate of drug-likeness (QED) is 0.839. The largest absolute Gasteiger partial charge is 0.444 e. The van der Waals surface area contributed by atoms with Gasteiger partial charge in [0.2, 0.25) is 0 Å². The first-order chi connectivity index (χ1) is 10.8. The highest BCUT2D eigenvalue weighted by molar-refractivity contribution is 5.68. The third kappa shape index (κ3) is 4.59. The minimum Gasteiger partial charge on any atom is -0.444 e. The van der Waals surface area contributed by atoms with Crippen molar-refractivity contribution < 1.29 is 9.53 Å². The van der Waals surface area contributed by atoms with E-state index in [-0.39, 0.29) is 12.1 Å². The first kappa shape index (κ1) is 17.1. The van der Waals surface area contributed by atoms with Gasteiger partial charge in [-0.3, -0.25) is 0 Å². The molecule has 23 heavy (non-hydrogen) atoms. The molecule has 1 amide bonds. The molecule has 2 heterocycles. The SMILES string of the molecule is CN(C(=O)OC(C)(C)C)C1CCN(c2cc(C#N)ccn2)CC1. The number of hydrogen-bond acceptors (Lipinski definition) is 5. The lowest BCUT2D eigenvalue weighted by Crippen LogP contribution is -2.47. The number of nitrogens with zero attached hydrogens (tertiary/aromatic N) is 4. The maximum absolute atomic E-state index is 12.1. The Balaban J connectivity index is 1.93. The van der Waals surface area contributed by atoms with E-state index < -0.39 is 5.60 Å². The Morgan fingerprint density at radius 3 is 2.65 bits per heavy atom. The first-order valence-electron chi connectivity index (χ1n) is 7.87. The lowest BCUT2D eigenvalue weighted by molar-refractivity contribution is 0.0201. The Labute approximate surface area is 137 Å². The van der Waals surface area contributed by atoms with Crippen molar-refractivity contribution in [3.8, 4) is 6.07 Å². The summed E-state index contributed by atoms with van der Waals surface area (Å²) in [6.45, 7) is 7.22. The molecule has 0 N–H and O–H groups in total. The summed E-state index contributed by atoms with van der Waals surface area (Å²) in [5.74, 6) is 0.822. The van der Waals surface area contributed by atoms with E-state index in [0.717, 1.165) is 31.7 Å². The minimum atomic E-state index is -0.478. The summed E-state index contributed by atoms with van der Waals surface area (Å²) in [5.41, 5.74) is 0.135. The molecule has 1 saturated heterocycles. The van der Waals surface area contributed by atoms with Gasteiger partial charge in [0.15, 0.2) is 0 Å². The van der Waals surface area contributed by atoms with Crippen molar-refractivity contribution in [1.82, 2.24) is 9.88 Å². The highest BCUT2D eigenvalue weighted by Gasteiger charge is 2.28. The van der Waals surface area contributed by atoms with E-state index in [4.69, 9.17) is 10.00 Å². The molecule has 1 aromatic rings. The van der Waals surface area contributed by atoms with Gasteiger partial charge in [0.25, 0.3) is 0 Å². The maximum atomic E-state index is 12.1. The van der Waals surface area contributed by atoms with Gasteiger partial charge in [0, 0.05) is 32.4 Å². The number of nitriles is 1. The first-order valence-corrected chi connectivity index (χ1v) is 7.87. The minimum absolute atomic E-state index is 0.167. The fraction of sp³-hybridized carbons (Fsp3) is 0.588. The number of ether oxygens (including phenoxy) is 1. The molecule has 1 fully saturated rings. The molecule has 0 atom stereocenters. The number of anilines is 1. The standard InChI is InChI=1S/C17H24N4O2/c1-17(2,3)23-16(22)20(4)14-6-9-21(10-7-14)15-11-13(12-18)5-8-19-15/h5,8,11,14H,6-7,9-10H2,1-4H3. The lowest BCUT2D eigenvalue weighted by Gasteiger charge is -2.37. The van der Waals surface area contributed by atoms with Crippen molar-refractivity contribution >= 4 is 11.9 Å². The highest BCUT2D eigenvalue weighted by atomic mass is 16.6. The van der Waals surface area contributed by atoms with Crippen molar-refractivity contribution in [3.63, 3.8) is 0 Å². The number of pyridine rings is 1. The molecule has 0 unspecified atom stereocenters. The number of carbonyl (C=O) groups is 1. The van der Waals surface area contributed by atoms with Crippen LogP contribution < -0.4 is 4.90 Å². The van der Waals surface area contributed by atoms with Crippen LogP contribution in [-0.2, 0) is 4.74 Å². The lowest BCUT2D eigenvalue weighted by atomic mass is 10.0. The second-order valence-electron chi connectivity index (χ2n) is 6.82. The summed E-state index contributed by atoms with van der Waals surface area (Å²) in [7, 11) is 1.79. The average molecular weight is 316 g/mol. The van der Waals surface area contributed by atoms with E-state index in [9.17, 15) is 4.79 Å². The molecule has 1 aliphatic heterocycles. The summed E-state index contributed by atoms with van der Waals surface area (Å²) in [6.07, 6.45) is 3.09. The maximum Gasteiger partial charge on any atom is 0.410 e. The van der Waals surface area contributed by atoms with Crippen LogP contribution in [0.1, 0.15) is 39.2 Å². The summed E-state index contributed by atoms with van der Waals surface area (Å²) in [5, 5.41) is 8.97. The van der Waals surface area contributed by atoms with Crippen molar-refractivity contribution in [3.05, 3.63) is 23.9 Å². The van der Waals surface area contributed by atoms with Crippen molar-refractivity contribution in [2.45, 2.75) is 45.3 Å². The molecule has 0 aliphatic carbocycles. The molecule has 2 rings (SSSR count). The number of rotatable bonds is 2. The van der Waals surface area contributed by atoms with E-state index in [2.05, 4.69) is 16.0 Å². The normalized spacial score (nSPS) is 15.9. The van der Waals surface area contributed by atoms with E-state index in [0.29, 0.717) is 5.56 Å². The van der Waals surface area contributed by atoms with Gasteiger partial charge in [-0.05, 0) is 45.7 Å². The topological polar surface area (TPSA) is 69.5 Å². The van der Waals surface area contributed by atoms with Crippen LogP contribution >= 0.6 is 0 Å². The molecule has 1 aliphatic rings. The molecule has 0 saturated carbocycles. The molecule has 0 aromatic carbocycles. The van der Waals surface area contributed by atoms with Gasteiger partial charge in [-0.1, -0.05) is 0 Å². The fourth-order valence-electron chi connectivity index (χ4n) is 2.63. The van der Waals surface area contributed by atoms with Gasteiger partial charge < -0.3 is 14.5 Å². The van der Waals surface area contributed by atoms with Gasteiger partial charge in [-0.15, -0.1) is 0 Å². The summed E-state index contributed by atoms with van der Waals surface area (Å²) in [4.78, 5) is 20.3. The number of aromatic nitrogens is 1. The Morgan fingerprint density at radius 2 is 2.09 bits per heavy atom. The van der Waals surface area contributed by atoms with Crippen LogP contribution in [0.2, 0.25) is 0 Å². The number of amides is 1. The van der Waals surface area contributed by atoms with Crippen molar-refractivity contribution in [2.24, 2.45) is 0 Å². The fourth-order valence-corrected chi connectivity index (χ4v) is 2.63. The van der Waals surface area contributed by atoms with Gasteiger partial charge >= 0.3 is 6.09 Å². The summed E-state index contributed by atoms with van der Waals surface area (Å²) in [6, 6.07) is 5.81. The zero-order chi connectivity index (χ0) is 17.0. The zero-order valence-corrected chi connectivity index (χ0v) is 14.2. The molecule has 0 radical (unpaired) electrons. The van der Waals surface area contributed by atoms with Crippen LogP contribution in [0.4, 0.5) is 10.6 Å². The highest BCUT2D eigenvalue weighted by Crippen LogP contribution is 2.22. The van der Waals surface area contributed by atoms with Crippen LogP contribution in [0, 0.1) is 11.3 Å². The second kappa shape index (κ2) is 6.86. The van der Waals surface area contributed by atoms with E-state index in [1.54, 1.807) is 30.3 Å². The van der Waals surface area contributed by atoms with Crippen molar-refractivity contribution in [2.75, 3.05) is 25.0 Å². The molecule has 0 spiro atoms. The van der Waals surface area contributed by atoms with Gasteiger partial charge in [-0.2, -0.15) is 5.26 Å². The zero-order valence-electron chi connectivity index (χ0n) is 14.2. The predicted molar refractivity (Wildman–Crippen MR) is 88.2 cm³/mol. The number of piperidine rings is 1. The predicted octanol–water partition coefficient (Wildman–Crippen LogP) is 2.79. The van der Waals surface area contributed by atoms with Gasteiger partial charge in [-0.25, -0.2) is 9.78 Å². The smallest absolute Gasteiger partial charge is 0.410 e. The number of carbonyl (C=O) groups excluding carboxylic acids is 1. The third-order valence-corrected chi connectivity index (χ3v) is 3.89. The van der Waals surface area contributed by atoms with E-state index in [1.165, 1.54) is 0 Å². The van der Waals surface area contributed by atoms with Crippen molar-refractivity contribution in [1.29, 1.82) is 5.26 Å². The Bertz CT molecular complexity index is 595. The Kier molecular flexibility index (Phi) is 5.09. The van der Waals surface area contributed by atoms with Crippen LogP contribution in [0.5, 0.6) is 0 Å². The van der Waals surface area contributed by atoms with E-state index in [1.807, 2.05) is 20.8 Å². The Hall–Kier alpha value is -2.29. The Morgan fingerprint density at radius 1 is 1.43 bits per heavy atom. The number of hydrogen-bond donors (Lipinski definition) is 0. The molecule has 6 nitrogen and oxygen atoms in total. The molecular weight excluding hydrogens is 292 g/mol. The monoisotopic (exact) mass is 316 g/mol. The second-order valence-corrected chi connectivity index (χ2v) is 6.82. The van der Waals surface area contributed by atoms with Gasteiger partial charge in [0.05, 0.1) is 11.6 Å².